The summed E-state index contributed by atoms with van der Waals surface area (Å²) >= 11 is 0. The van der Waals surface area contributed by atoms with Crippen LogP contribution in [-0.2, 0) is 4.79 Å². The molecule has 5 rings (SSSR count). The zero-order valence-corrected chi connectivity index (χ0v) is 17.6. The Morgan fingerprint density at radius 1 is 1.06 bits per heavy atom. The molecule has 3 aromatic heterocycles. The summed E-state index contributed by atoms with van der Waals surface area (Å²) in [4.78, 5) is 27.4. The van der Waals surface area contributed by atoms with E-state index >= 15 is 0 Å². The third-order valence-corrected chi connectivity index (χ3v) is 6.16. The van der Waals surface area contributed by atoms with Crippen LogP contribution in [0.3, 0.4) is 0 Å². The maximum absolute atomic E-state index is 12.1. The van der Waals surface area contributed by atoms with Gasteiger partial charge in [0.2, 0.25) is 5.91 Å². The van der Waals surface area contributed by atoms with Crippen LogP contribution >= 0.6 is 0 Å². The SMILES string of the molecule is N#CC(c1cncc(-c2cc3cc(NC(=O)C4CC4)ncc3cn2)c1)N1CCC(O)CC1. The number of hydrogen-bond donors (Lipinski definition) is 2. The molecular formula is C24H24N6O2. The fourth-order valence-corrected chi connectivity index (χ4v) is 4.10. The van der Waals surface area contributed by atoms with Gasteiger partial charge in [-0.2, -0.15) is 5.26 Å². The average Bonchev–Trinajstić information content (AvgIpc) is 3.66. The van der Waals surface area contributed by atoms with Crippen LogP contribution in [0.1, 0.15) is 37.3 Å². The van der Waals surface area contributed by atoms with Crippen LogP contribution in [0.15, 0.2) is 43.0 Å². The number of aliphatic hydroxyl groups excluding tert-OH is 1. The Hall–Kier alpha value is -3.41. The fourth-order valence-electron chi connectivity index (χ4n) is 4.10. The molecule has 0 radical (unpaired) electrons. The van der Waals surface area contributed by atoms with Gasteiger partial charge in [-0.1, -0.05) is 0 Å². The van der Waals surface area contributed by atoms with Gasteiger partial charge in [0.25, 0.3) is 0 Å². The molecule has 3 aromatic rings. The molecule has 0 bridgehead atoms. The zero-order valence-electron chi connectivity index (χ0n) is 17.6. The molecular weight excluding hydrogens is 404 g/mol. The van der Waals surface area contributed by atoms with E-state index in [2.05, 4.69) is 31.2 Å². The molecule has 32 heavy (non-hydrogen) atoms. The van der Waals surface area contributed by atoms with Crippen LogP contribution in [0.25, 0.3) is 22.0 Å². The van der Waals surface area contributed by atoms with Crippen molar-refractivity contribution in [3.05, 3.63) is 48.5 Å². The smallest absolute Gasteiger partial charge is 0.228 e. The molecule has 162 valence electrons. The summed E-state index contributed by atoms with van der Waals surface area (Å²) in [7, 11) is 0. The maximum atomic E-state index is 12.1. The van der Waals surface area contributed by atoms with Crippen LogP contribution in [0, 0.1) is 17.2 Å². The molecule has 0 spiro atoms. The van der Waals surface area contributed by atoms with Gasteiger partial charge in [0.15, 0.2) is 0 Å². The number of nitriles is 1. The molecule has 1 unspecified atom stereocenters. The van der Waals surface area contributed by atoms with Gasteiger partial charge in [0, 0.05) is 60.3 Å². The number of piperidine rings is 1. The highest BCUT2D eigenvalue weighted by Crippen LogP contribution is 2.31. The van der Waals surface area contributed by atoms with Gasteiger partial charge in [-0.3, -0.25) is 19.7 Å². The van der Waals surface area contributed by atoms with Gasteiger partial charge in [0.1, 0.15) is 11.9 Å². The van der Waals surface area contributed by atoms with Crippen molar-refractivity contribution in [3.63, 3.8) is 0 Å². The maximum Gasteiger partial charge on any atom is 0.228 e. The van der Waals surface area contributed by atoms with Crippen molar-refractivity contribution < 1.29 is 9.90 Å². The predicted octanol–water partition coefficient (Wildman–Crippen LogP) is 3.06. The number of hydrogen-bond acceptors (Lipinski definition) is 7. The van der Waals surface area contributed by atoms with Gasteiger partial charge < -0.3 is 10.4 Å². The van der Waals surface area contributed by atoms with Gasteiger partial charge in [0.05, 0.1) is 17.9 Å². The van der Waals surface area contributed by atoms with E-state index in [1.807, 2.05) is 18.2 Å². The first kappa shape index (κ1) is 20.5. The second-order valence-electron chi connectivity index (χ2n) is 8.56. The van der Waals surface area contributed by atoms with Crippen LogP contribution in [0.5, 0.6) is 0 Å². The molecule has 8 heteroatoms. The first-order valence-electron chi connectivity index (χ1n) is 10.9. The third kappa shape index (κ3) is 4.31. The van der Waals surface area contributed by atoms with E-state index in [1.165, 1.54) is 0 Å². The number of aliphatic hydroxyl groups is 1. The summed E-state index contributed by atoms with van der Waals surface area (Å²) in [6.07, 6.45) is 9.87. The number of anilines is 1. The second kappa shape index (κ2) is 8.61. The molecule has 8 nitrogen and oxygen atoms in total. The molecule has 2 aliphatic rings. The minimum absolute atomic E-state index is 0.0239. The van der Waals surface area contributed by atoms with Crippen molar-refractivity contribution in [1.82, 2.24) is 19.9 Å². The van der Waals surface area contributed by atoms with E-state index < -0.39 is 6.04 Å². The van der Waals surface area contributed by atoms with Crippen molar-refractivity contribution in [2.75, 3.05) is 18.4 Å². The van der Waals surface area contributed by atoms with Crippen molar-refractivity contribution in [3.8, 4) is 17.3 Å². The Kier molecular flexibility index (Phi) is 5.52. The molecule has 4 heterocycles. The van der Waals surface area contributed by atoms with Gasteiger partial charge >= 0.3 is 0 Å². The lowest BCUT2D eigenvalue weighted by Crippen LogP contribution is -2.38. The number of aromatic nitrogens is 3. The fraction of sp³-hybridized carbons (Fsp3) is 0.375. The minimum Gasteiger partial charge on any atom is -0.393 e. The number of amides is 1. The van der Waals surface area contributed by atoms with Crippen molar-refractivity contribution in [2.24, 2.45) is 5.92 Å². The lowest BCUT2D eigenvalue weighted by atomic mass is 10.0. The summed E-state index contributed by atoms with van der Waals surface area (Å²) in [5.41, 5.74) is 2.38. The third-order valence-electron chi connectivity index (χ3n) is 6.16. The largest absolute Gasteiger partial charge is 0.393 e. The van der Waals surface area contributed by atoms with Crippen LogP contribution < -0.4 is 5.32 Å². The van der Waals surface area contributed by atoms with E-state index in [1.54, 1.807) is 24.8 Å². The van der Waals surface area contributed by atoms with E-state index in [4.69, 9.17) is 0 Å². The van der Waals surface area contributed by atoms with Crippen LogP contribution in [-0.4, -0.2) is 50.1 Å². The van der Waals surface area contributed by atoms with E-state index in [0.717, 1.165) is 40.4 Å². The molecule has 1 saturated carbocycles. The minimum atomic E-state index is -0.413. The molecule has 0 aromatic carbocycles. The first-order chi connectivity index (χ1) is 15.6. The molecule has 1 amide bonds. The number of nitrogens with one attached hydrogen (secondary N) is 1. The van der Waals surface area contributed by atoms with E-state index in [-0.39, 0.29) is 17.9 Å². The average molecular weight is 428 g/mol. The van der Waals surface area contributed by atoms with E-state index in [9.17, 15) is 15.2 Å². The number of rotatable bonds is 5. The van der Waals surface area contributed by atoms with Crippen molar-refractivity contribution in [2.45, 2.75) is 37.8 Å². The number of carbonyl (C=O) groups is 1. The highest BCUT2D eigenvalue weighted by atomic mass is 16.3. The first-order valence-corrected chi connectivity index (χ1v) is 10.9. The summed E-state index contributed by atoms with van der Waals surface area (Å²) in [5, 5.41) is 24.3. The lowest BCUT2D eigenvalue weighted by molar-refractivity contribution is -0.117. The summed E-state index contributed by atoms with van der Waals surface area (Å²) in [5.74, 6) is 0.677. The van der Waals surface area contributed by atoms with Crippen LogP contribution in [0.4, 0.5) is 5.82 Å². The normalized spacial score (nSPS) is 18.2. The summed E-state index contributed by atoms with van der Waals surface area (Å²) < 4.78 is 0. The molecule has 1 atom stereocenters. The number of carbonyl (C=O) groups excluding carboxylic acids is 1. The standard InChI is InChI=1S/C24H24N6O2/c25-10-22(30-5-3-20(31)4-6-30)18-7-17(11-26-12-18)21-8-16-9-23(28-14-19(16)13-27-21)29-24(32)15-1-2-15/h7-9,11-15,20,22,31H,1-6H2,(H,28,29,32). The highest BCUT2D eigenvalue weighted by Gasteiger charge is 2.30. The number of likely N-dealkylation sites (tertiary alicyclic amines) is 1. The Bertz CT molecular complexity index is 1190. The van der Waals surface area contributed by atoms with E-state index in [0.29, 0.717) is 31.7 Å². The summed E-state index contributed by atoms with van der Waals surface area (Å²) in [6, 6.07) is 7.73. The predicted molar refractivity (Wildman–Crippen MR) is 119 cm³/mol. The Labute approximate surface area is 185 Å². The highest BCUT2D eigenvalue weighted by molar-refractivity contribution is 5.95. The monoisotopic (exact) mass is 428 g/mol. The van der Waals surface area contributed by atoms with Crippen LogP contribution in [0.2, 0.25) is 0 Å². The van der Waals surface area contributed by atoms with Gasteiger partial charge in [-0.05, 0) is 49.3 Å². The van der Waals surface area contributed by atoms with Crippen molar-refractivity contribution >= 4 is 22.5 Å². The van der Waals surface area contributed by atoms with Gasteiger partial charge in [-0.15, -0.1) is 0 Å². The molecule has 2 N–H and O–H groups in total. The molecule has 1 saturated heterocycles. The number of pyridine rings is 3. The Morgan fingerprint density at radius 3 is 2.59 bits per heavy atom. The topological polar surface area (TPSA) is 115 Å². The summed E-state index contributed by atoms with van der Waals surface area (Å²) in [6.45, 7) is 1.36. The molecule has 1 aliphatic heterocycles. The lowest BCUT2D eigenvalue weighted by Gasteiger charge is -2.32. The van der Waals surface area contributed by atoms with Gasteiger partial charge in [-0.25, -0.2) is 4.98 Å². The van der Waals surface area contributed by atoms with Crippen molar-refractivity contribution in [1.29, 1.82) is 5.26 Å². The second-order valence-corrected chi connectivity index (χ2v) is 8.56. The Balaban J connectivity index is 1.41. The zero-order chi connectivity index (χ0) is 22.1. The molecule has 1 aliphatic carbocycles. The number of nitrogens with zero attached hydrogens (tertiary/aromatic N) is 5. The molecule has 2 fully saturated rings. The number of fused-ring (bicyclic) bond motifs is 1. The Morgan fingerprint density at radius 2 is 1.84 bits per heavy atom. The quantitative estimate of drug-likeness (QED) is 0.642.